The fraction of sp³-hybridized carbons (Fsp3) is 0.500. The molecule has 0 aliphatic carbocycles. The lowest BCUT2D eigenvalue weighted by Crippen LogP contribution is -2.42. The Morgan fingerprint density at radius 3 is 2.70 bits per heavy atom. The number of piperidine rings is 1. The van der Waals surface area contributed by atoms with Crippen molar-refractivity contribution in [3.63, 3.8) is 0 Å². The summed E-state index contributed by atoms with van der Waals surface area (Å²) in [5.74, 6) is 3.23. The quantitative estimate of drug-likeness (QED) is 0.301. The van der Waals surface area contributed by atoms with Gasteiger partial charge in [0.1, 0.15) is 11.5 Å². The number of nitrogens with one attached hydrogen (secondary N) is 2. The number of halogens is 1. The molecule has 1 fully saturated rings. The first-order valence-electron chi connectivity index (χ1n) is 11.8. The maximum Gasteiger partial charge on any atom is 0.191 e. The Morgan fingerprint density at radius 1 is 1.15 bits per heavy atom. The zero-order valence-corrected chi connectivity index (χ0v) is 22.3. The number of aliphatic imine (C=N–C) groups is 1. The Kier molecular flexibility index (Phi) is 9.67. The molecule has 4 rings (SSSR count). The topological polar surface area (TPSA) is 58.1 Å². The Morgan fingerprint density at radius 2 is 1.94 bits per heavy atom. The van der Waals surface area contributed by atoms with Crippen LogP contribution in [0.25, 0.3) is 0 Å². The summed E-state index contributed by atoms with van der Waals surface area (Å²) in [5.41, 5.74) is 2.54. The molecule has 1 saturated heterocycles. The van der Waals surface area contributed by atoms with Crippen molar-refractivity contribution >= 4 is 29.9 Å². The van der Waals surface area contributed by atoms with Crippen LogP contribution < -0.4 is 20.1 Å². The van der Waals surface area contributed by atoms with Gasteiger partial charge in [-0.05, 0) is 63.0 Å². The first kappa shape index (κ1) is 25.6. The Bertz CT molecular complexity index is 905. The van der Waals surface area contributed by atoms with Gasteiger partial charge in [-0.3, -0.25) is 9.89 Å². The number of benzene rings is 2. The Labute approximate surface area is 215 Å². The minimum Gasteiger partial charge on any atom is -0.497 e. The van der Waals surface area contributed by atoms with Gasteiger partial charge in [0.25, 0.3) is 0 Å². The van der Waals surface area contributed by atoms with Gasteiger partial charge in [0.05, 0.1) is 19.8 Å². The van der Waals surface area contributed by atoms with E-state index >= 15 is 0 Å². The Hall–Kier alpha value is -2.00. The van der Waals surface area contributed by atoms with Crippen molar-refractivity contribution in [2.24, 2.45) is 10.9 Å². The van der Waals surface area contributed by atoms with E-state index in [1.165, 1.54) is 24.0 Å². The summed E-state index contributed by atoms with van der Waals surface area (Å²) >= 11 is 0. The molecule has 3 atom stereocenters. The molecule has 2 aliphatic heterocycles. The number of likely N-dealkylation sites (tertiary alicyclic amines) is 1. The van der Waals surface area contributed by atoms with E-state index in [0.29, 0.717) is 12.0 Å². The van der Waals surface area contributed by atoms with Gasteiger partial charge >= 0.3 is 0 Å². The number of para-hydroxylation sites is 1. The predicted molar refractivity (Wildman–Crippen MR) is 145 cm³/mol. The second-order valence-corrected chi connectivity index (χ2v) is 8.69. The number of ether oxygens (including phenoxy) is 2. The van der Waals surface area contributed by atoms with Crippen molar-refractivity contribution in [2.45, 2.75) is 38.3 Å². The molecule has 180 valence electrons. The Balaban J connectivity index is 0.00000306. The molecular weight excluding hydrogens is 527 g/mol. The summed E-state index contributed by atoms with van der Waals surface area (Å²) in [7, 11) is 3.94. The summed E-state index contributed by atoms with van der Waals surface area (Å²) in [6.07, 6.45) is 3.33. The van der Waals surface area contributed by atoms with Gasteiger partial charge < -0.3 is 20.1 Å². The summed E-state index contributed by atoms with van der Waals surface area (Å²) in [6, 6.07) is 17.4. The fourth-order valence-corrected chi connectivity index (χ4v) is 4.96. The number of fused-ring (bicyclic) bond motifs is 1. The molecule has 0 amide bonds. The van der Waals surface area contributed by atoms with Crippen molar-refractivity contribution in [1.29, 1.82) is 0 Å². The monoisotopic (exact) mass is 564 g/mol. The van der Waals surface area contributed by atoms with E-state index in [1.807, 2.05) is 12.1 Å². The smallest absolute Gasteiger partial charge is 0.191 e. The van der Waals surface area contributed by atoms with Gasteiger partial charge in [0, 0.05) is 31.1 Å². The van der Waals surface area contributed by atoms with Crippen LogP contribution in [0, 0.1) is 5.92 Å². The molecule has 0 aromatic heterocycles. The lowest BCUT2D eigenvalue weighted by molar-refractivity contribution is 0.125. The number of methoxy groups -OCH3 is 1. The second-order valence-electron chi connectivity index (χ2n) is 8.69. The van der Waals surface area contributed by atoms with E-state index in [2.05, 4.69) is 65.9 Å². The normalized spacial score (nSPS) is 23.0. The van der Waals surface area contributed by atoms with Gasteiger partial charge in [-0.2, -0.15) is 0 Å². The highest BCUT2D eigenvalue weighted by Crippen LogP contribution is 2.36. The van der Waals surface area contributed by atoms with Crippen LogP contribution in [0.1, 0.15) is 49.4 Å². The van der Waals surface area contributed by atoms with Crippen LogP contribution in [0.15, 0.2) is 53.5 Å². The van der Waals surface area contributed by atoms with Gasteiger partial charge in [-0.25, -0.2) is 0 Å². The largest absolute Gasteiger partial charge is 0.497 e. The first-order chi connectivity index (χ1) is 15.7. The average molecular weight is 565 g/mol. The van der Waals surface area contributed by atoms with Crippen molar-refractivity contribution in [3.8, 4) is 11.5 Å². The molecule has 0 spiro atoms. The molecule has 3 unspecified atom stereocenters. The molecule has 6 nitrogen and oxygen atoms in total. The number of hydrogen-bond donors (Lipinski definition) is 2. The number of rotatable bonds is 6. The third-order valence-corrected chi connectivity index (χ3v) is 6.56. The van der Waals surface area contributed by atoms with Gasteiger partial charge in [-0.15, -0.1) is 24.0 Å². The van der Waals surface area contributed by atoms with Gasteiger partial charge in [-0.1, -0.05) is 30.3 Å². The summed E-state index contributed by atoms with van der Waals surface area (Å²) in [5, 5.41) is 7.11. The first-order valence-corrected chi connectivity index (χ1v) is 11.8. The van der Waals surface area contributed by atoms with Crippen LogP contribution in [-0.4, -0.2) is 51.3 Å². The van der Waals surface area contributed by atoms with Crippen LogP contribution in [0.3, 0.4) is 0 Å². The number of guanidine groups is 1. The minimum absolute atomic E-state index is 0. The molecular formula is C26H37IN4O2. The zero-order chi connectivity index (χ0) is 22.3. The highest BCUT2D eigenvalue weighted by Gasteiger charge is 2.30. The highest BCUT2D eigenvalue weighted by atomic mass is 127. The third-order valence-electron chi connectivity index (χ3n) is 6.56. The van der Waals surface area contributed by atoms with Crippen molar-refractivity contribution < 1.29 is 9.47 Å². The van der Waals surface area contributed by atoms with E-state index in [4.69, 9.17) is 14.5 Å². The molecule has 0 bridgehead atoms. The molecule has 2 aromatic rings. The van der Waals surface area contributed by atoms with Crippen LogP contribution in [-0.2, 0) is 0 Å². The average Bonchev–Trinajstić information content (AvgIpc) is 2.83. The maximum absolute atomic E-state index is 5.83. The maximum atomic E-state index is 5.83. The van der Waals surface area contributed by atoms with Crippen LogP contribution >= 0.6 is 24.0 Å². The van der Waals surface area contributed by atoms with Gasteiger partial charge in [0.15, 0.2) is 5.96 Å². The fourth-order valence-electron chi connectivity index (χ4n) is 4.96. The molecule has 2 aliphatic rings. The van der Waals surface area contributed by atoms with E-state index in [0.717, 1.165) is 50.1 Å². The van der Waals surface area contributed by atoms with Crippen molar-refractivity contribution in [1.82, 2.24) is 15.5 Å². The predicted octanol–water partition coefficient (Wildman–Crippen LogP) is 4.78. The van der Waals surface area contributed by atoms with Crippen LogP contribution in [0.2, 0.25) is 0 Å². The SMILES string of the molecule is CCNC(=NCC1CCCN(C)C1c1ccc(OC)cc1)NC1CCOc2ccccc21.I. The molecule has 2 N–H and O–H groups in total. The summed E-state index contributed by atoms with van der Waals surface area (Å²) in [6.45, 7) is 5.59. The standard InChI is InChI=1S/C26H36N4O2.HI/c1-4-27-26(29-23-15-17-32-24-10-6-5-9-22(23)24)28-18-20-8-7-16-30(2)25(20)19-11-13-21(31-3)14-12-19;/h5-6,9-14,20,23,25H,4,7-8,15-18H2,1-3H3,(H2,27,28,29);1H. The molecule has 33 heavy (non-hydrogen) atoms. The number of nitrogens with zero attached hydrogens (tertiary/aromatic N) is 2. The van der Waals surface area contributed by atoms with Gasteiger partial charge in [0.2, 0.25) is 0 Å². The lowest BCUT2D eigenvalue weighted by atomic mass is 9.85. The van der Waals surface area contributed by atoms with E-state index in [1.54, 1.807) is 7.11 Å². The molecule has 2 heterocycles. The highest BCUT2D eigenvalue weighted by molar-refractivity contribution is 14.0. The molecule has 0 radical (unpaired) electrons. The minimum atomic E-state index is 0. The van der Waals surface area contributed by atoms with Crippen molar-refractivity contribution in [3.05, 3.63) is 59.7 Å². The summed E-state index contributed by atoms with van der Waals surface area (Å²) in [4.78, 5) is 7.52. The van der Waals surface area contributed by atoms with Crippen LogP contribution in [0.5, 0.6) is 11.5 Å². The zero-order valence-electron chi connectivity index (χ0n) is 19.9. The van der Waals surface area contributed by atoms with Crippen LogP contribution in [0.4, 0.5) is 0 Å². The molecule has 7 heteroatoms. The van der Waals surface area contributed by atoms with E-state index < -0.39 is 0 Å². The van der Waals surface area contributed by atoms with E-state index in [-0.39, 0.29) is 30.0 Å². The van der Waals surface area contributed by atoms with Crippen molar-refractivity contribution in [2.75, 3.05) is 40.4 Å². The third kappa shape index (κ3) is 6.32. The lowest BCUT2D eigenvalue weighted by Gasteiger charge is -2.39. The number of hydrogen-bond acceptors (Lipinski definition) is 4. The van der Waals surface area contributed by atoms with E-state index in [9.17, 15) is 0 Å². The second kappa shape index (κ2) is 12.5. The molecule has 0 saturated carbocycles. The molecule has 2 aromatic carbocycles. The summed E-state index contributed by atoms with van der Waals surface area (Å²) < 4.78 is 11.2.